The summed E-state index contributed by atoms with van der Waals surface area (Å²) in [6, 6.07) is 14.6. The number of carbonyl (C=O) groups is 1. The molecule has 0 fully saturated rings. The fourth-order valence-corrected chi connectivity index (χ4v) is 3.31. The van der Waals surface area contributed by atoms with Crippen molar-refractivity contribution >= 4 is 21.5 Å². The number of nitrogens with zero attached hydrogens (tertiary/aromatic N) is 1. The van der Waals surface area contributed by atoms with E-state index in [1.807, 2.05) is 30.3 Å². The molecule has 0 saturated heterocycles. The van der Waals surface area contributed by atoms with Crippen molar-refractivity contribution < 1.29 is 13.2 Å². The number of hydrogen-bond acceptors (Lipinski definition) is 4. The third-order valence-electron chi connectivity index (χ3n) is 3.51. The van der Waals surface area contributed by atoms with E-state index in [9.17, 15) is 13.2 Å². The third kappa shape index (κ3) is 3.21. The zero-order valence-electron chi connectivity index (χ0n) is 12.9. The van der Waals surface area contributed by atoms with Crippen LogP contribution in [0.3, 0.4) is 0 Å². The summed E-state index contributed by atoms with van der Waals surface area (Å²) in [7, 11) is -3.85. The van der Waals surface area contributed by atoms with Crippen LogP contribution in [0.1, 0.15) is 17.3 Å². The van der Waals surface area contributed by atoms with Gasteiger partial charge in [-0.3, -0.25) is 9.52 Å². The number of benzene rings is 2. The van der Waals surface area contributed by atoms with Gasteiger partial charge in [0.2, 0.25) is 0 Å². The Labute approximate surface area is 139 Å². The summed E-state index contributed by atoms with van der Waals surface area (Å²) in [6.07, 6.45) is 2.48. The standard InChI is InChI=1S/C17H15N3O3S/c1-12(21)15-8-7-14(13-5-3-2-4-6-13)9-16(15)20-24(22,23)17-10-18-11-19-17/h2-11,20H,1H3,(H,18,19). The van der Waals surface area contributed by atoms with Crippen molar-refractivity contribution in [3.05, 3.63) is 66.6 Å². The Morgan fingerprint density at radius 1 is 1.08 bits per heavy atom. The maximum atomic E-state index is 12.4. The molecule has 122 valence electrons. The van der Waals surface area contributed by atoms with Gasteiger partial charge in [0.25, 0.3) is 10.0 Å². The van der Waals surface area contributed by atoms with Crippen LogP contribution in [0, 0.1) is 0 Å². The molecule has 24 heavy (non-hydrogen) atoms. The second kappa shape index (κ2) is 6.29. The second-order valence-electron chi connectivity index (χ2n) is 5.20. The molecule has 0 saturated carbocycles. The number of nitrogens with one attached hydrogen (secondary N) is 2. The van der Waals surface area contributed by atoms with Crippen molar-refractivity contribution in [2.45, 2.75) is 11.9 Å². The molecule has 7 heteroatoms. The van der Waals surface area contributed by atoms with Crippen LogP contribution in [-0.2, 0) is 10.0 Å². The fraction of sp³-hybridized carbons (Fsp3) is 0.0588. The quantitative estimate of drug-likeness (QED) is 0.698. The number of H-pyrrole nitrogens is 1. The monoisotopic (exact) mass is 341 g/mol. The molecule has 2 aromatic carbocycles. The Kier molecular flexibility index (Phi) is 4.18. The zero-order chi connectivity index (χ0) is 17.2. The van der Waals surface area contributed by atoms with Crippen LogP contribution < -0.4 is 4.72 Å². The molecular weight excluding hydrogens is 326 g/mol. The molecule has 0 unspecified atom stereocenters. The SMILES string of the molecule is CC(=O)c1ccc(-c2ccccc2)cc1NS(=O)(=O)c1cnc[nH]1. The fourth-order valence-electron chi connectivity index (χ4n) is 2.34. The van der Waals surface area contributed by atoms with Gasteiger partial charge < -0.3 is 4.98 Å². The van der Waals surface area contributed by atoms with E-state index >= 15 is 0 Å². The molecule has 0 radical (unpaired) electrons. The molecule has 0 atom stereocenters. The summed E-state index contributed by atoms with van der Waals surface area (Å²) in [4.78, 5) is 18.1. The molecule has 0 aliphatic carbocycles. The summed E-state index contributed by atoms with van der Waals surface area (Å²) < 4.78 is 27.2. The summed E-state index contributed by atoms with van der Waals surface area (Å²) >= 11 is 0. The van der Waals surface area contributed by atoms with Crippen molar-refractivity contribution in [2.75, 3.05) is 4.72 Å². The first-order chi connectivity index (χ1) is 11.5. The van der Waals surface area contributed by atoms with Gasteiger partial charge in [-0.05, 0) is 30.2 Å². The Balaban J connectivity index is 2.06. The number of ketones is 1. The first kappa shape index (κ1) is 15.9. The van der Waals surface area contributed by atoms with E-state index in [0.717, 1.165) is 11.1 Å². The van der Waals surface area contributed by atoms with Crippen LogP contribution in [0.2, 0.25) is 0 Å². The largest absolute Gasteiger partial charge is 0.334 e. The van der Waals surface area contributed by atoms with Gasteiger partial charge in [-0.2, -0.15) is 8.42 Å². The van der Waals surface area contributed by atoms with Crippen LogP contribution in [0.5, 0.6) is 0 Å². The first-order valence-corrected chi connectivity index (χ1v) is 8.67. The molecule has 0 aliphatic rings. The van der Waals surface area contributed by atoms with Gasteiger partial charge in [0.1, 0.15) is 0 Å². The maximum Gasteiger partial charge on any atom is 0.278 e. The van der Waals surface area contributed by atoms with E-state index in [2.05, 4.69) is 14.7 Å². The van der Waals surface area contributed by atoms with Gasteiger partial charge >= 0.3 is 0 Å². The number of carbonyl (C=O) groups excluding carboxylic acids is 1. The Morgan fingerprint density at radius 2 is 1.83 bits per heavy atom. The highest BCUT2D eigenvalue weighted by Gasteiger charge is 2.19. The van der Waals surface area contributed by atoms with Crippen molar-refractivity contribution in [3.63, 3.8) is 0 Å². The Bertz CT molecular complexity index is 966. The molecule has 3 aromatic rings. The lowest BCUT2D eigenvalue weighted by atomic mass is 10.0. The molecule has 6 nitrogen and oxygen atoms in total. The van der Waals surface area contributed by atoms with E-state index in [-0.39, 0.29) is 16.5 Å². The van der Waals surface area contributed by atoms with E-state index in [0.29, 0.717) is 5.56 Å². The lowest BCUT2D eigenvalue weighted by molar-refractivity contribution is 0.101. The highest BCUT2D eigenvalue weighted by Crippen LogP contribution is 2.27. The minimum atomic E-state index is -3.85. The van der Waals surface area contributed by atoms with E-state index in [4.69, 9.17) is 0 Å². The molecular formula is C17H15N3O3S. The van der Waals surface area contributed by atoms with Crippen molar-refractivity contribution in [3.8, 4) is 11.1 Å². The van der Waals surface area contributed by atoms with E-state index in [1.54, 1.807) is 18.2 Å². The Morgan fingerprint density at radius 3 is 2.46 bits per heavy atom. The summed E-state index contributed by atoms with van der Waals surface area (Å²) in [5.41, 5.74) is 2.27. The molecule has 0 spiro atoms. The zero-order valence-corrected chi connectivity index (χ0v) is 13.7. The smallest absolute Gasteiger partial charge is 0.278 e. The number of Topliss-reactive ketones (excluding diaryl/α,β-unsaturated/α-hetero) is 1. The number of hydrogen-bond donors (Lipinski definition) is 2. The van der Waals surface area contributed by atoms with Crippen LogP contribution in [-0.4, -0.2) is 24.2 Å². The number of sulfonamides is 1. The van der Waals surface area contributed by atoms with Gasteiger partial charge in [-0.25, -0.2) is 4.98 Å². The summed E-state index contributed by atoms with van der Waals surface area (Å²) in [5, 5.41) is -0.0675. The number of rotatable bonds is 5. The van der Waals surface area contributed by atoms with Crippen LogP contribution in [0.4, 0.5) is 5.69 Å². The van der Waals surface area contributed by atoms with Gasteiger partial charge in [-0.1, -0.05) is 36.4 Å². The van der Waals surface area contributed by atoms with Gasteiger partial charge in [0.05, 0.1) is 18.2 Å². The Hall–Kier alpha value is -2.93. The average molecular weight is 341 g/mol. The number of aromatic nitrogens is 2. The number of anilines is 1. The molecule has 3 rings (SSSR count). The van der Waals surface area contributed by atoms with Gasteiger partial charge in [-0.15, -0.1) is 0 Å². The second-order valence-corrected chi connectivity index (χ2v) is 6.85. The van der Waals surface area contributed by atoms with Crippen LogP contribution in [0.15, 0.2) is 66.1 Å². The summed E-state index contributed by atoms with van der Waals surface area (Å²) in [5.74, 6) is -0.225. The highest BCUT2D eigenvalue weighted by molar-refractivity contribution is 7.92. The molecule has 2 N–H and O–H groups in total. The van der Waals surface area contributed by atoms with Crippen molar-refractivity contribution in [1.29, 1.82) is 0 Å². The topological polar surface area (TPSA) is 91.9 Å². The lowest BCUT2D eigenvalue weighted by Gasteiger charge is -2.12. The predicted octanol–water partition coefficient (Wildman–Crippen LogP) is 3.08. The van der Waals surface area contributed by atoms with E-state index < -0.39 is 10.0 Å². The minimum Gasteiger partial charge on any atom is -0.334 e. The molecule has 0 aliphatic heterocycles. The molecule has 0 amide bonds. The third-order valence-corrected chi connectivity index (χ3v) is 4.80. The average Bonchev–Trinajstić information content (AvgIpc) is 3.10. The maximum absolute atomic E-state index is 12.4. The number of aromatic amines is 1. The number of imidazole rings is 1. The molecule has 1 heterocycles. The van der Waals surface area contributed by atoms with Gasteiger partial charge in [0, 0.05) is 5.56 Å². The van der Waals surface area contributed by atoms with Crippen LogP contribution in [0.25, 0.3) is 11.1 Å². The molecule has 1 aromatic heterocycles. The highest BCUT2D eigenvalue weighted by atomic mass is 32.2. The first-order valence-electron chi connectivity index (χ1n) is 7.19. The van der Waals surface area contributed by atoms with Gasteiger partial charge in [0.15, 0.2) is 10.8 Å². The molecule has 0 bridgehead atoms. The summed E-state index contributed by atoms with van der Waals surface area (Å²) in [6.45, 7) is 1.39. The van der Waals surface area contributed by atoms with Crippen molar-refractivity contribution in [2.24, 2.45) is 0 Å². The predicted molar refractivity (Wildman–Crippen MR) is 91.3 cm³/mol. The lowest BCUT2D eigenvalue weighted by Crippen LogP contribution is -2.15. The normalized spacial score (nSPS) is 11.2. The van der Waals surface area contributed by atoms with Crippen LogP contribution >= 0.6 is 0 Å². The minimum absolute atomic E-state index is 0.0675. The van der Waals surface area contributed by atoms with Crippen molar-refractivity contribution in [1.82, 2.24) is 9.97 Å². The van der Waals surface area contributed by atoms with E-state index in [1.165, 1.54) is 19.4 Å².